The highest BCUT2D eigenvalue weighted by atomic mass is 16.5. The van der Waals surface area contributed by atoms with Crippen molar-refractivity contribution in [1.29, 1.82) is 0 Å². The smallest absolute Gasteiger partial charge is 0.174 e. The summed E-state index contributed by atoms with van der Waals surface area (Å²) in [7, 11) is 3.11. The number of ether oxygens (including phenoxy) is 3. The monoisotopic (exact) mass is 452 g/mol. The Kier molecular flexibility index (Phi) is 7.36. The Morgan fingerprint density at radius 1 is 1.18 bits per heavy atom. The molecule has 6 heteroatoms. The zero-order valence-corrected chi connectivity index (χ0v) is 19.9. The Labute approximate surface area is 195 Å². The summed E-state index contributed by atoms with van der Waals surface area (Å²) >= 11 is 0. The van der Waals surface area contributed by atoms with Gasteiger partial charge in [-0.3, -0.25) is 4.79 Å². The topological polar surface area (TPSA) is 85.2 Å². The van der Waals surface area contributed by atoms with Gasteiger partial charge in [-0.25, -0.2) is 0 Å². The molecule has 176 valence electrons. The van der Waals surface area contributed by atoms with Gasteiger partial charge in [0.05, 0.1) is 20.6 Å². The first-order valence-electron chi connectivity index (χ1n) is 10.9. The van der Waals surface area contributed by atoms with E-state index in [4.69, 9.17) is 14.2 Å². The third-order valence-electron chi connectivity index (χ3n) is 6.00. The molecule has 2 atom stereocenters. The maximum atomic E-state index is 13.1. The molecule has 0 spiro atoms. The van der Waals surface area contributed by atoms with Crippen molar-refractivity contribution in [2.45, 2.75) is 46.1 Å². The van der Waals surface area contributed by atoms with Crippen LogP contribution in [0, 0.1) is 5.92 Å². The van der Waals surface area contributed by atoms with Crippen LogP contribution in [0.15, 0.2) is 48.1 Å². The van der Waals surface area contributed by atoms with Crippen LogP contribution in [0.5, 0.6) is 28.7 Å². The van der Waals surface area contributed by atoms with Gasteiger partial charge in [0.2, 0.25) is 0 Å². The lowest BCUT2D eigenvalue weighted by atomic mass is 9.86. The number of allylic oxidation sites excluding steroid dienone is 3. The molecule has 0 bridgehead atoms. The minimum atomic E-state index is -0.633. The average molecular weight is 453 g/mol. The second-order valence-electron chi connectivity index (χ2n) is 8.70. The summed E-state index contributed by atoms with van der Waals surface area (Å²) in [5.74, 6) is 0.762. The molecule has 0 saturated heterocycles. The van der Waals surface area contributed by atoms with Crippen LogP contribution >= 0.6 is 0 Å². The summed E-state index contributed by atoms with van der Waals surface area (Å²) in [5, 5.41) is 21.2. The van der Waals surface area contributed by atoms with Crippen LogP contribution in [-0.4, -0.2) is 30.2 Å². The zero-order chi connectivity index (χ0) is 24.3. The maximum Gasteiger partial charge on any atom is 0.174 e. The van der Waals surface area contributed by atoms with E-state index in [0.29, 0.717) is 29.0 Å². The quantitative estimate of drug-likeness (QED) is 0.484. The van der Waals surface area contributed by atoms with Crippen molar-refractivity contribution in [3.8, 4) is 28.7 Å². The number of ketones is 1. The Morgan fingerprint density at radius 2 is 1.91 bits per heavy atom. The van der Waals surface area contributed by atoms with Crippen molar-refractivity contribution in [2.75, 3.05) is 14.2 Å². The van der Waals surface area contributed by atoms with Crippen LogP contribution in [0.2, 0.25) is 0 Å². The molecule has 1 aliphatic heterocycles. The van der Waals surface area contributed by atoms with Crippen LogP contribution in [0.1, 0.15) is 61.2 Å². The number of rotatable bonds is 8. The predicted molar refractivity (Wildman–Crippen MR) is 128 cm³/mol. The number of phenols is 2. The number of methoxy groups -OCH3 is 2. The minimum Gasteiger partial charge on any atom is -0.507 e. The highest BCUT2D eigenvalue weighted by Gasteiger charge is 2.35. The summed E-state index contributed by atoms with van der Waals surface area (Å²) in [6.07, 6.45) is 2.70. The van der Waals surface area contributed by atoms with E-state index in [2.05, 4.69) is 12.7 Å². The van der Waals surface area contributed by atoms with Crippen LogP contribution in [0.25, 0.3) is 0 Å². The van der Waals surface area contributed by atoms with E-state index in [0.717, 1.165) is 12.0 Å². The summed E-state index contributed by atoms with van der Waals surface area (Å²) in [6.45, 7) is 10.1. The summed E-state index contributed by atoms with van der Waals surface area (Å²) < 4.78 is 17.1. The van der Waals surface area contributed by atoms with Gasteiger partial charge in [0, 0.05) is 23.3 Å². The maximum absolute atomic E-state index is 13.1. The fourth-order valence-electron chi connectivity index (χ4n) is 4.06. The molecular weight excluding hydrogens is 420 g/mol. The molecule has 0 saturated carbocycles. The fourth-order valence-corrected chi connectivity index (χ4v) is 4.06. The van der Waals surface area contributed by atoms with Crippen molar-refractivity contribution in [3.05, 3.63) is 64.8 Å². The molecule has 6 nitrogen and oxygen atoms in total. The molecule has 1 aliphatic rings. The average Bonchev–Trinajstić information content (AvgIpc) is 2.76. The minimum absolute atomic E-state index is 0.0362. The van der Waals surface area contributed by atoms with Gasteiger partial charge < -0.3 is 24.4 Å². The van der Waals surface area contributed by atoms with Gasteiger partial charge in [0.1, 0.15) is 40.4 Å². The van der Waals surface area contributed by atoms with E-state index in [-0.39, 0.29) is 40.9 Å². The van der Waals surface area contributed by atoms with Crippen molar-refractivity contribution >= 4 is 5.78 Å². The van der Waals surface area contributed by atoms with Crippen LogP contribution in [0.4, 0.5) is 0 Å². The standard InChI is InChI=1S/C27H32O6/c1-15(2)7-8-17(16(3)4)11-20-21(28)13-22(29)26-23(30)14-25(33-27(20)26)19-10-9-18(31-5)12-24(19)32-6/h7,9-10,12-13,17,25,28-29H,3,8,11,14H2,1-2,4-6H3/t17?,25-/m0/s1. The van der Waals surface area contributed by atoms with Gasteiger partial charge in [-0.2, -0.15) is 0 Å². The largest absolute Gasteiger partial charge is 0.507 e. The molecule has 0 aromatic heterocycles. The Morgan fingerprint density at radius 3 is 2.52 bits per heavy atom. The normalized spacial score (nSPS) is 15.8. The second kappa shape index (κ2) is 10.0. The van der Waals surface area contributed by atoms with E-state index in [1.54, 1.807) is 32.4 Å². The van der Waals surface area contributed by atoms with Crippen LogP contribution in [0.3, 0.4) is 0 Å². The van der Waals surface area contributed by atoms with Gasteiger partial charge in [0.25, 0.3) is 0 Å². The first-order chi connectivity index (χ1) is 15.7. The third kappa shape index (κ3) is 5.16. The van der Waals surface area contributed by atoms with E-state index in [1.807, 2.05) is 20.8 Å². The van der Waals surface area contributed by atoms with E-state index >= 15 is 0 Å². The molecule has 3 rings (SSSR count). The van der Waals surface area contributed by atoms with Gasteiger partial charge >= 0.3 is 0 Å². The molecule has 1 unspecified atom stereocenters. The lowest BCUT2D eigenvalue weighted by Crippen LogP contribution is -2.23. The first-order valence-corrected chi connectivity index (χ1v) is 10.9. The molecule has 0 amide bonds. The van der Waals surface area contributed by atoms with Crippen LogP contribution < -0.4 is 14.2 Å². The van der Waals surface area contributed by atoms with Gasteiger partial charge in [-0.1, -0.05) is 23.8 Å². The molecule has 2 aromatic carbocycles. The van der Waals surface area contributed by atoms with Crippen molar-refractivity contribution in [2.24, 2.45) is 5.92 Å². The summed E-state index contributed by atoms with van der Waals surface area (Å²) in [4.78, 5) is 13.1. The molecule has 0 aliphatic carbocycles. The van der Waals surface area contributed by atoms with Crippen molar-refractivity contribution < 1.29 is 29.2 Å². The van der Waals surface area contributed by atoms with Crippen molar-refractivity contribution in [1.82, 2.24) is 0 Å². The number of fused-ring (bicyclic) bond motifs is 1. The van der Waals surface area contributed by atoms with Crippen LogP contribution in [-0.2, 0) is 6.42 Å². The predicted octanol–water partition coefficient (Wildman–Crippen LogP) is 5.91. The van der Waals surface area contributed by atoms with Gasteiger partial charge in [-0.15, -0.1) is 0 Å². The number of hydrogen-bond acceptors (Lipinski definition) is 6. The van der Waals surface area contributed by atoms with E-state index < -0.39 is 6.10 Å². The molecular formula is C27H32O6. The highest BCUT2D eigenvalue weighted by molar-refractivity contribution is 6.03. The first kappa shape index (κ1) is 24.2. The Bertz CT molecular complexity index is 1090. The molecule has 0 radical (unpaired) electrons. The Hall–Kier alpha value is -3.41. The molecule has 2 N–H and O–H groups in total. The summed E-state index contributed by atoms with van der Waals surface area (Å²) in [5.41, 5.74) is 3.44. The fraction of sp³-hybridized carbons (Fsp3) is 0.370. The number of carbonyl (C=O) groups is 1. The number of phenolic OH excluding ortho intramolecular Hbond substituents is 2. The number of carbonyl (C=O) groups excluding carboxylic acids is 1. The van der Waals surface area contributed by atoms with Gasteiger partial charge in [-0.05, 0) is 51.7 Å². The summed E-state index contributed by atoms with van der Waals surface area (Å²) in [6, 6.07) is 6.53. The van der Waals surface area contributed by atoms with Crippen molar-refractivity contribution in [3.63, 3.8) is 0 Å². The lowest BCUT2D eigenvalue weighted by Gasteiger charge is -2.30. The zero-order valence-electron chi connectivity index (χ0n) is 19.9. The third-order valence-corrected chi connectivity index (χ3v) is 6.00. The molecule has 0 fully saturated rings. The number of benzene rings is 2. The molecule has 33 heavy (non-hydrogen) atoms. The number of aromatic hydroxyl groups is 2. The van der Waals surface area contributed by atoms with E-state index in [1.165, 1.54) is 11.6 Å². The number of Topliss-reactive ketones (excluding diaryl/α,β-unsaturated/α-hetero) is 1. The molecule has 1 heterocycles. The number of hydrogen-bond donors (Lipinski definition) is 2. The lowest BCUT2D eigenvalue weighted by molar-refractivity contribution is 0.0838. The van der Waals surface area contributed by atoms with E-state index in [9.17, 15) is 15.0 Å². The molecule has 2 aromatic rings. The SMILES string of the molecule is C=C(C)C(CC=C(C)C)Cc1c(O)cc(O)c2c1O[C@H](c1ccc(OC)cc1OC)CC2=O. The van der Waals surface area contributed by atoms with Gasteiger partial charge in [0.15, 0.2) is 5.78 Å². The second-order valence-corrected chi connectivity index (χ2v) is 8.70. The highest BCUT2D eigenvalue weighted by Crippen LogP contribution is 2.47. The Balaban J connectivity index is 2.06.